The fourth-order valence-corrected chi connectivity index (χ4v) is 2.02. The number of aromatic nitrogens is 2. The fourth-order valence-electron chi connectivity index (χ4n) is 2.02. The molecule has 0 radical (unpaired) electrons. The van der Waals surface area contributed by atoms with Crippen LogP contribution in [0.3, 0.4) is 0 Å². The number of hydrazine groups is 1. The van der Waals surface area contributed by atoms with E-state index in [2.05, 4.69) is 39.6 Å². The fraction of sp³-hybridized carbons (Fsp3) is 0.636. The summed E-state index contributed by atoms with van der Waals surface area (Å²) in [7, 11) is 2.06. The molecule has 1 aromatic rings. The average Bonchev–Trinajstić information content (AvgIpc) is 3.27. The van der Waals surface area contributed by atoms with Crippen molar-refractivity contribution in [2.24, 2.45) is 5.84 Å². The van der Waals surface area contributed by atoms with Gasteiger partial charge in [-0.25, -0.2) is 15.8 Å². The number of hydrogen-bond donors (Lipinski definition) is 3. The van der Waals surface area contributed by atoms with Gasteiger partial charge in [0.2, 0.25) is 11.6 Å². The molecule has 1 heterocycles. The first-order valence-corrected chi connectivity index (χ1v) is 6.46. The third kappa shape index (κ3) is 3.11. The Morgan fingerprint density at radius 1 is 1.55 bits per heavy atom. The minimum Gasteiger partial charge on any atom is -0.363 e. The maximum atomic E-state index is 11.1. The second-order valence-electron chi connectivity index (χ2n) is 4.95. The van der Waals surface area contributed by atoms with E-state index in [4.69, 9.17) is 5.84 Å². The number of likely N-dealkylation sites (N-methyl/N-ethyl adjacent to an activating group) is 1. The van der Waals surface area contributed by atoms with E-state index in [0.29, 0.717) is 12.6 Å². The van der Waals surface area contributed by atoms with Crippen molar-refractivity contribution in [3.63, 3.8) is 0 Å². The van der Waals surface area contributed by atoms with Gasteiger partial charge in [0.1, 0.15) is 6.33 Å². The molecule has 0 amide bonds. The van der Waals surface area contributed by atoms with Crippen LogP contribution in [0.5, 0.6) is 0 Å². The molecule has 1 unspecified atom stereocenters. The van der Waals surface area contributed by atoms with Gasteiger partial charge in [-0.05, 0) is 26.8 Å². The summed E-state index contributed by atoms with van der Waals surface area (Å²) in [5, 5.41) is 14.1. The lowest BCUT2D eigenvalue weighted by Crippen LogP contribution is -2.36. The quantitative estimate of drug-likeness (QED) is 0.376. The molecular formula is C11H19N7O2. The number of nitrogens with one attached hydrogen (secondary N) is 2. The average molecular weight is 281 g/mol. The van der Waals surface area contributed by atoms with E-state index in [9.17, 15) is 10.1 Å². The summed E-state index contributed by atoms with van der Waals surface area (Å²) in [4.78, 5) is 20.5. The Hall–Kier alpha value is -2.00. The number of rotatable bonds is 7. The van der Waals surface area contributed by atoms with Crippen LogP contribution in [0, 0.1) is 10.1 Å². The summed E-state index contributed by atoms with van der Waals surface area (Å²) in [6.45, 7) is 2.63. The second-order valence-corrected chi connectivity index (χ2v) is 4.95. The van der Waals surface area contributed by atoms with Crippen LogP contribution in [-0.4, -0.2) is 45.5 Å². The molecule has 0 saturated heterocycles. The zero-order valence-electron chi connectivity index (χ0n) is 11.5. The van der Waals surface area contributed by atoms with Crippen molar-refractivity contribution in [2.45, 2.75) is 31.8 Å². The van der Waals surface area contributed by atoms with Crippen LogP contribution >= 0.6 is 0 Å². The second kappa shape index (κ2) is 5.97. The molecule has 1 saturated carbocycles. The summed E-state index contributed by atoms with van der Waals surface area (Å²) in [5.41, 5.74) is 1.97. The molecule has 1 atom stereocenters. The first-order chi connectivity index (χ1) is 9.54. The van der Waals surface area contributed by atoms with E-state index in [0.717, 1.165) is 0 Å². The Labute approximate surface area is 116 Å². The maximum Gasteiger partial charge on any atom is 0.354 e. The Bertz CT molecular complexity index is 492. The molecule has 1 aliphatic rings. The minimum absolute atomic E-state index is 0.00398. The van der Waals surface area contributed by atoms with Gasteiger partial charge in [0.15, 0.2) is 0 Å². The molecule has 2 rings (SSSR count). The van der Waals surface area contributed by atoms with Crippen LogP contribution < -0.4 is 16.6 Å². The Morgan fingerprint density at radius 3 is 2.75 bits per heavy atom. The number of anilines is 2. The van der Waals surface area contributed by atoms with Crippen LogP contribution in [-0.2, 0) is 0 Å². The van der Waals surface area contributed by atoms with Gasteiger partial charge in [-0.3, -0.25) is 15.0 Å². The molecule has 110 valence electrons. The molecule has 1 aromatic heterocycles. The molecule has 1 aliphatic carbocycles. The smallest absolute Gasteiger partial charge is 0.354 e. The predicted octanol–water partition coefficient (Wildman–Crippen LogP) is 0.565. The first-order valence-electron chi connectivity index (χ1n) is 6.46. The molecule has 0 bridgehead atoms. The van der Waals surface area contributed by atoms with E-state index in [-0.39, 0.29) is 23.4 Å². The predicted molar refractivity (Wildman–Crippen MR) is 75.2 cm³/mol. The Morgan fingerprint density at radius 2 is 2.20 bits per heavy atom. The number of nitrogens with zero attached hydrogens (tertiary/aromatic N) is 4. The molecule has 4 N–H and O–H groups in total. The minimum atomic E-state index is -0.549. The van der Waals surface area contributed by atoms with Crippen LogP contribution in [0.25, 0.3) is 0 Å². The Balaban J connectivity index is 2.06. The lowest BCUT2D eigenvalue weighted by molar-refractivity contribution is -0.383. The summed E-state index contributed by atoms with van der Waals surface area (Å²) < 4.78 is 0. The Kier molecular flexibility index (Phi) is 4.30. The van der Waals surface area contributed by atoms with Crippen LogP contribution in [0.1, 0.15) is 19.8 Å². The number of nitrogens with two attached hydrogens (primary N) is 1. The van der Waals surface area contributed by atoms with Crippen molar-refractivity contribution in [1.29, 1.82) is 0 Å². The van der Waals surface area contributed by atoms with Crippen LogP contribution in [0.2, 0.25) is 0 Å². The van der Waals surface area contributed by atoms with Gasteiger partial charge < -0.3 is 10.7 Å². The molecule has 9 nitrogen and oxygen atoms in total. The highest BCUT2D eigenvalue weighted by molar-refractivity contribution is 5.68. The van der Waals surface area contributed by atoms with E-state index >= 15 is 0 Å². The largest absolute Gasteiger partial charge is 0.363 e. The van der Waals surface area contributed by atoms with Crippen molar-refractivity contribution >= 4 is 17.3 Å². The van der Waals surface area contributed by atoms with Gasteiger partial charge in [0.25, 0.3) is 0 Å². The zero-order chi connectivity index (χ0) is 14.7. The summed E-state index contributed by atoms with van der Waals surface area (Å²) in [6, 6.07) is 0.889. The standard InChI is InChI=1S/C11H19N7O2/c1-7(17(2)8-3-4-8)5-13-10-9(18(19)20)11(16-12)15-6-14-10/h6-8H,3-5,12H2,1-2H3,(H2,13,14,15,16). The molecule has 1 fully saturated rings. The third-order valence-electron chi connectivity index (χ3n) is 3.52. The summed E-state index contributed by atoms with van der Waals surface area (Å²) in [6.07, 6.45) is 3.67. The van der Waals surface area contributed by atoms with Crippen molar-refractivity contribution in [3.8, 4) is 0 Å². The maximum absolute atomic E-state index is 11.1. The third-order valence-corrected chi connectivity index (χ3v) is 3.52. The van der Waals surface area contributed by atoms with Gasteiger partial charge in [0.05, 0.1) is 4.92 Å². The van der Waals surface area contributed by atoms with E-state index in [1.165, 1.54) is 19.2 Å². The zero-order valence-corrected chi connectivity index (χ0v) is 11.5. The molecule has 0 aliphatic heterocycles. The van der Waals surface area contributed by atoms with Gasteiger partial charge in [0, 0.05) is 18.6 Å². The number of nitrogen functional groups attached to an aromatic ring is 1. The summed E-state index contributed by atoms with van der Waals surface area (Å²) >= 11 is 0. The summed E-state index contributed by atoms with van der Waals surface area (Å²) in [5.74, 6) is 5.40. The van der Waals surface area contributed by atoms with Crippen molar-refractivity contribution in [2.75, 3.05) is 24.3 Å². The van der Waals surface area contributed by atoms with E-state index < -0.39 is 4.92 Å². The molecule has 20 heavy (non-hydrogen) atoms. The van der Waals surface area contributed by atoms with Gasteiger partial charge in [-0.1, -0.05) is 0 Å². The monoisotopic (exact) mass is 281 g/mol. The molecule has 9 heteroatoms. The highest BCUT2D eigenvalue weighted by Crippen LogP contribution is 2.29. The molecular weight excluding hydrogens is 262 g/mol. The molecule has 0 spiro atoms. The van der Waals surface area contributed by atoms with Crippen molar-refractivity contribution in [3.05, 3.63) is 16.4 Å². The normalized spacial score (nSPS) is 16.0. The highest BCUT2D eigenvalue weighted by atomic mass is 16.6. The van der Waals surface area contributed by atoms with Gasteiger partial charge >= 0.3 is 5.69 Å². The first kappa shape index (κ1) is 14.4. The SMILES string of the molecule is CC(CNc1ncnc(NN)c1[N+](=O)[O-])N(C)C1CC1. The lowest BCUT2D eigenvalue weighted by atomic mass is 10.3. The highest BCUT2D eigenvalue weighted by Gasteiger charge is 2.29. The van der Waals surface area contributed by atoms with Crippen molar-refractivity contribution < 1.29 is 4.92 Å². The topological polar surface area (TPSA) is 122 Å². The molecule has 0 aromatic carbocycles. The van der Waals surface area contributed by atoms with Gasteiger partial charge in [-0.15, -0.1) is 0 Å². The van der Waals surface area contributed by atoms with Crippen molar-refractivity contribution in [1.82, 2.24) is 14.9 Å². The van der Waals surface area contributed by atoms with E-state index in [1.54, 1.807) is 0 Å². The van der Waals surface area contributed by atoms with Gasteiger partial charge in [-0.2, -0.15) is 0 Å². The van der Waals surface area contributed by atoms with E-state index in [1.807, 2.05) is 0 Å². The van der Waals surface area contributed by atoms with Crippen LogP contribution in [0.15, 0.2) is 6.33 Å². The van der Waals surface area contributed by atoms with Crippen LogP contribution in [0.4, 0.5) is 17.3 Å². The lowest BCUT2D eigenvalue weighted by Gasteiger charge is -2.24. The number of hydrogen-bond acceptors (Lipinski definition) is 8. The number of nitro groups is 1.